The second kappa shape index (κ2) is 3.35. The first kappa shape index (κ1) is 10.0. The molecule has 1 N–H and O–H groups in total. The van der Waals surface area contributed by atoms with Gasteiger partial charge in [-0.2, -0.15) is 0 Å². The third-order valence-electron chi connectivity index (χ3n) is 2.84. The highest BCUT2D eigenvalue weighted by Crippen LogP contribution is 2.31. The van der Waals surface area contributed by atoms with Crippen molar-refractivity contribution in [2.45, 2.75) is 25.9 Å². The molecule has 1 rings (SSSR count). The molecule has 2 heteroatoms. The molecule has 0 aromatic heterocycles. The van der Waals surface area contributed by atoms with Gasteiger partial charge in [0.1, 0.15) is 0 Å². The maximum Gasteiger partial charge on any atom is 0.0834 e. The van der Waals surface area contributed by atoms with Gasteiger partial charge in [0.2, 0.25) is 0 Å². The van der Waals surface area contributed by atoms with Gasteiger partial charge in [-0.05, 0) is 18.8 Å². The zero-order chi connectivity index (χ0) is 9.35. The van der Waals surface area contributed by atoms with Crippen molar-refractivity contribution in [3.63, 3.8) is 0 Å². The van der Waals surface area contributed by atoms with Crippen LogP contribution in [0.1, 0.15) is 19.8 Å². The Balaban J connectivity index is 2.44. The van der Waals surface area contributed by atoms with Crippen LogP contribution in [0.4, 0.5) is 0 Å². The first-order chi connectivity index (χ1) is 5.40. The quantitative estimate of drug-likeness (QED) is 0.618. The zero-order valence-corrected chi connectivity index (χ0v) is 8.75. The van der Waals surface area contributed by atoms with Crippen LogP contribution in [0, 0.1) is 11.8 Å². The maximum absolute atomic E-state index is 9.81. The van der Waals surface area contributed by atoms with E-state index in [2.05, 4.69) is 28.1 Å². The molecule has 12 heavy (non-hydrogen) atoms. The Morgan fingerprint density at radius 3 is 2.17 bits per heavy atom. The summed E-state index contributed by atoms with van der Waals surface area (Å²) < 4.78 is 0.967. The predicted octanol–water partition coefficient (Wildman–Crippen LogP) is 1.10. The van der Waals surface area contributed by atoms with E-state index in [1.165, 1.54) is 12.8 Å². The first-order valence-corrected chi connectivity index (χ1v) is 4.88. The van der Waals surface area contributed by atoms with Gasteiger partial charge in [0.05, 0.1) is 33.8 Å². The highest BCUT2D eigenvalue weighted by Gasteiger charge is 2.34. The van der Waals surface area contributed by atoms with Crippen molar-refractivity contribution >= 4 is 0 Å². The molecular formula is C10H22NO+. The highest BCUT2D eigenvalue weighted by atomic mass is 16.3. The Morgan fingerprint density at radius 2 is 1.83 bits per heavy atom. The van der Waals surface area contributed by atoms with Crippen LogP contribution in [0.15, 0.2) is 0 Å². The summed E-state index contributed by atoms with van der Waals surface area (Å²) in [5, 5.41) is 9.81. The van der Waals surface area contributed by atoms with Crippen molar-refractivity contribution in [1.82, 2.24) is 0 Å². The molecule has 0 saturated heterocycles. The van der Waals surface area contributed by atoms with Crippen LogP contribution in [0.3, 0.4) is 0 Å². The third-order valence-corrected chi connectivity index (χ3v) is 2.84. The standard InChI is InChI=1S/C10H22NO/c1-8-5-6-9(10(8)12)7-11(2,3)4/h8-10,12H,5-7H2,1-4H3/q+1/t8-,9-,10+/m1/s1. The van der Waals surface area contributed by atoms with Crippen molar-refractivity contribution in [2.75, 3.05) is 27.7 Å². The fourth-order valence-corrected chi connectivity index (χ4v) is 2.19. The SMILES string of the molecule is C[C@@H]1CC[C@H](C[N+](C)(C)C)[C@H]1O. The molecule has 1 aliphatic carbocycles. The minimum absolute atomic E-state index is 0.0534. The van der Waals surface area contributed by atoms with E-state index in [1.807, 2.05) is 0 Å². The first-order valence-electron chi connectivity index (χ1n) is 4.88. The number of hydrogen-bond donors (Lipinski definition) is 1. The smallest absolute Gasteiger partial charge is 0.0834 e. The highest BCUT2D eigenvalue weighted by molar-refractivity contribution is 4.81. The molecule has 3 atom stereocenters. The summed E-state index contributed by atoms with van der Waals surface area (Å²) in [5.41, 5.74) is 0. The van der Waals surface area contributed by atoms with Crippen molar-refractivity contribution in [3.05, 3.63) is 0 Å². The van der Waals surface area contributed by atoms with E-state index in [0.29, 0.717) is 11.8 Å². The van der Waals surface area contributed by atoms with Gasteiger partial charge >= 0.3 is 0 Å². The van der Waals surface area contributed by atoms with Crippen LogP contribution >= 0.6 is 0 Å². The van der Waals surface area contributed by atoms with E-state index < -0.39 is 0 Å². The Hall–Kier alpha value is -0.0800. The second-order valence-electron chi connectivity index (χ2n) is 5.28. The van der Waals surface area contributed by atoms with E-state index in [1.54, 1.807) is 0 Å². The topological polar surface area (TPSA) is 20.2 Å². The second-order valence-corrected chi connectivity index (χ2v) is 5.28. The Bertz CT molecular complexity index is 150. The summed E-state index contributed by atoms with van der Waals surface area (Å²) in [6, 6.07) is 0. The molecule has 0 aromatic rings. The van der Waals surface area contributed by atoms with Gasteiger partial charge < -0.3 is 9.59 Å². The molecule has 0 heterocycles. The number of hydrogen-bond acceptors (Lipinski definition) is 1. The lowest BCUT2D eigenvalue weighted by molar-refractivity contribution is -0.874. The van der Waals surface area contributed by atoms with Gasteiger partial charge in [0.25, 0.3) is 0 Å². The van der Waals surface area contributed by atoms with Crippen LogP contribution in [0.25, 0.3) is 0 Å². The average Bonchev–Trinajstić information content (AvgIpc) is 2.16. The van der Waals surface area contributed by atoms with E-state index >= 15 is 0 Å². The monoisotopic (exact) mass is 172 g/mol. The molecule has 0 radical (unpaired) electrons. The minimum atomic E-state index is -0.0534. The maximum atomic E-state index is 9.81. The summed E-state index contributed by atoms with van der Waals surface area (Å²) in [7, 11) is 6.57. The van der Waals surface area contributed by atoms with Gasteiger partial charge in [-0.3, -0.25) is 0 Å². The fourth-order valence-electron chi connectivity index (χ4n) is 2.19. The lowest BCUT2D eigenvalue weighted by atomic mass is 10.0. The predicted molar refractivity (Wildman–Crippen MR) is 50.8 cm³/mol. The zero-order valence-electron chi connectivity index (χ0n) is 8.75. The summed E-state index contributed by atoms with van der Waals surface area (Å²) in [6.45, 7) is 3.26. The van der Waals surface area contributed by atoms with Crippen molar-refractivity contribution in [2.24, 2.45) is 11.8 Å². The van der Waals surface area contributed by atoms with Crippen molar-refractivity contribution in [3.8, 4) is 0 Å². The lowest BCUT2D eigenvalue weighted by Crippen LogP contribution is -2.41. The van der Waals surface area contributed by atoms with Gasteiger partial charge in [-0.15, -0.1) is 0 Å². The molecule has 0 unspecified atom stereocenters. The van der Waals surface area contributed by atoms with E-state index in [-0.39, 0.29) is 6.10 Å². The van der Waals surface area contributed by atoms with Crippen LogP contribution < -0.4 is 0 Å². The van der Waals surface area contributed by atoms with Gasteiger partial charge in [0.15, 0.2) is 0 Å². The molecule has 0 aromatic carbocycles. The number of aliphatic hydroxyl groups is 1. The Labute approximate surface area is 75.8 Å². The molecule has 1 saturated carbocycles. The minimum Gasteiger partial charge on any atom is -0.392 e. The van der Waals surface area contributed by atoms with Crippen molar-refractivity contribution in [1.29, 1.82) is 0 Å². The van der Waals surface area contributed by atoms with Gasteiger partial charge in [0, 0.05) is 5.92 Å². The number of nitrogens with zero attached hydrogens (tertiary/aromatic N) is 1. The van der Waals surface area contributed by atoms with Gasteiger partial charge in [-0.25, -0.2) is 0 Å². The summed E-state index contributed by atoms with van der Waals surface area (Å²) >= 11 is 0. The molecule has 0 aliphatic heterocycles. The van der Waals surface area contributed by atoms with Gasteiger partial charge in [-0.1, -0.05) is 6.92 Å². The van der Waals surface area contributed by atoms with Crippen LogP contribution in [-0.4, -0.2) is 43.4 Å². The number of quaternary nitrogens is 1. The van der Waals surface area contributed by atoms with Crippen LogP contribution in [0.2, 0.25) is 0 Å². The summed E-state index contributed by atoms with van der Waals surface area (Å²) in [5.74, 6) is 1.04. The average molecular weight is 172 g/mol. The van der Waals surface area contributed by atoms with E-state index in [4.69, 9.17) is 0 Å². The summed E-state index contributed by atoms with van der Waals surface area (Å²) in [6.07, 6.45) is 2.35. The van der Waals surface area contributed by atoms with E-state index in [9.17, 15) is 5.11 Å². The molecular weight excluding hydrogens is 150 g/mol. The Morgan fingerprint density at radius 1 is 1.25 bits per heavy atom. The lowest BCUT2D eigenvalue weighted by Gasteiger charge is -2.29. The summed E-state index contributed by atoms with van der Waals surface area (Å²) in [4.78, 5) is 0. The van der Waals surface area contributed by atoms with E-state index in [0.717, 1.165) is 11.0 Å². The normalized spacial score (nSPS) is 37.2. The molecule has 1 aliphatic rings. The van der Waals surface area contributed by atoms with Crippen LogP contribution in [0.5, 0.6) is 0 Å². The molecule has 0 bridgehead atoms. The number of rotatable bonds is 2. The fraction of sp³-hybridized carbons (Fsp3) is 1.00. The molecule has 1 fully saturated rings. The largest absolute Gasteiger partial charge is 0.392 e. The number of aliphatic hydroxyl groups excluding tert-OH is 1. The third kappa shape index (κ3) is 2.46. The molecule has 2 nitrogen and oxygen atoms in total. The van der Waals surface area contributed by atoms with Crippen LogP contribution in [-0.2, 0) is 0 Å². The van der Waals surface area contributed by atoms with Crippen molar-refractivity contribution < 1.29 is 9.59 Å². The Kier molecular flexibility index (Phi) is 2.79. The molecule has 0 spiro atoms. The molecule has 72 valence electrons. The molecule has 0 amide bonds.